The van der Waals surface area contributed by atoms with E-state index in [0.29, 0.717) is 27.5 Å². The van der Waals surface area contributed by atoms with Crippen LogP contribution in [0.3, 0.4) is 0 Å². The van der Waals surface area contributed by atoms with E-state index in [1.54, 1.807) is 24.3 Å². The van der Waals surface area contributed by atoms with Crippen LogP contribution in [0.4, 0.5) is 9.18 Å². The highest BCUT2D eigenvalue weighted by Crippen LogP contribution is 2.24. The topological polar surface area (TPSA) is 151 Å². The van der Waals surface area contributed by atoms with Crippen molar-refractivity contribution < 1.29 is 42.9 Å². The Balaban J connectivity index is 1.45. The van der Waals surface area contributed by atoms with Crippen LogP contribution in [0.25, 0.3) is 0 Å². The molecule has 0 bridgehead atoms. The lowest BCUT2D eigenvalue weighted by molar-refractivity contribution is -0.140. The lowest BCUT2D eigenvalue weighted by Crippen LogP contribution is -2.30. The number of urea groups is 1. The zero-order valence-corrected chi connectivity index (χ0v) is 19.6. The molecule has 1 aliphatic heterocycles. The number of carboxylic acids is 1. The van der Waals surface area contributed by atoms with Gasteiger partial charge in [-0.1, -0.05) is 18.2 Å². The van der Waals surface area contributed by atoms with Crippen LogP contribution in [-0.2, 0) is 27.5 Å². The summed E-state index contributed by atoms with van der Waals surface area (Å²) in [5, 5.41) is 13.5. The van der Waals surface area contributed by atoms with E-state index in [9.17, 15) is 28.4 Å². The van der Waals surface area contributed by atoms with Crippen molar-refractivity contribution in [2.24, 2.45) is 0 Å². The van der Waals surface area contributed by atoms with Gasteiger partial charge in [-0.15, -0.1) is 0 Å². The first-order valence-electron chi connectivity index (χ1n) is 11.1. The molecule has 0 aromatic heterocycles. The van der Waals surface area contributed by atoms with Gasteiger partial charge in [-0.05, 0) is 59.7 Å². The van der Waals surface area contributed by atoms with Crippen LogP contribution in [0.2, 0.25) is 0 Å². The van der Waals surface area contributed by atoms with Gasteiger partial charge in [0.1, 0.15) is 23.1 Å². The molecule has 11 nitrogen and oxygen atoms in total. The van der Waals surface area contributed by atoms with Crippen LogP contribution >= 0.6 is 0 Å². The number of nitrogens with zero attached hydrogens (tertiary/aromatic N) is 1. The van der Waals surface area contributed by atoms with Gasteiger partial charge in [0.2, 0.25) is 0 Å². The van der Waals surface area contributed by atoms with Gasteiger partial charge in [0, 0.05) is 6.54 Å². The lowest BCUT2D eigenvalue weighted by atomic mass is 10.1. The number of hydrogen-bond acceptors (Lipinski definition) is 7. The number of aliphatic carboxylic acids is 1. The molecular weight excluding hydrogens is 501 g/mol. The molecule has 4 rings (SSSR count). The highest BCUT2D eigenvalue weighted by Gasteiger charge is 2.36. The molecule has 12 heteroatoms. The Labute approximate surface area is 214 Å². The van der Waals surface area contributed by atoms with Gasteiger partial charge in [0.05, 0.1) is 12.1 Å². The third kappa shape index (κ3) is 6.29. The summed E-state index contributed by atoms with van der Waals surface area (Å²) in [7, 11) is 0. The van der Waals surface area contributed by atoms with E-state index >= 15 is 0 Å². The van der Waals surface area contributed by atoms with Gasteiger partial charge in [-0.2, -0.15) is 0 Å². The molecular formula is C26H20FN3O8. The second-order valence-corrected chi connectivity index (χ2v) is 8.05. The Kier molecular flexibility index (Phi) is 7.61. The summed E-state index contributed by atoms with van der Waals surface area (Å²) in [6.07, 6.45) is 0. The Hall–Kier alpha value is -5.26. The monoisotopic (exact) mass is 521 g/mol. The SMILES string of the molecule is O=C(O)COc1ccc(CN2C(=O)NC(=O)C2=O)cc1C(=O)NCc1ccc(Oc2ccc(F)cc2)cc1. The predicted molar refractivity (Wildman–Crippen MR) is 128 cm³/mol. The Morgan fingerprint density at radius 3 is 2.16 bits per heavy atom. The molecule has 3 N–H and O–H groups in total. The normalized spacial score (nSPS) is 12.8. The first-order valence-corrected chi connectivity index (χ1v) is 11.1. The average Bonchev–Trinajstić information content (AvgIpc) is 3.14. The number of nitrogens with one attached hydrogen (secondary N) is 2. The number of carboxylic acid groups (broad SMARTS) is 1. The predicted octanol–water partition coefficient (Wildman–Crippen LogP) is 2.59. The summed E-state index contributed by atoms with van der Waals surface area (Å²) in [6, 6.07) is 15.6. The highest BCUT2D eigenvalue weighted by molar-refractivity contribution is 6.44. The quantitative estimate of drug-likeness (QED) is 0.272. The van der Waals surface area contributed by atoms with Gasteiger partial charge in [0.25, 0.3) is 5.91 Å². The van der Waals surface area contributed by atoms with Crippen molar-refractivity contribution in [3.8, 4) is 17.2 Å². The van der Waals surface area contributed by atoms with Crippen LogP contribution in [0.15, 0.2) is 66.7 Å². The van der Waals surface area contributed by atoms with Gasteiger partial charge in [-0.3, -0.25) is 24.6 Å². The van der Waals surface area contributed by atoms with Crippen molar-refractivity contribution in [3.63, 3.8) is 0 Å². The smallest absolute Gasteiger partial charge is 0.341 e. The third-order valence-corrected chi connectivity index (χ3v) is 5.31. The van der Waals surface area contributed by atoms with Crippen LogP contribution in [0.1, 0.15) is 21.5 Å². The number of carbonyl (C=O) groups is 5. The van der Waals surface area contributed by atoms with Crippen molar-refractivity contribution in [2.45, 2.75) is 13.1 Å². The minimum Gasteiger partial charge on any atom is -0.481 e. The summed E-state index contributed by atoms with van der Waals surface area (Å²) in [6.45, 7) is -0.887. The molecule has 3 aromatic carbocycles. The maximum Gasteiger partial charge on any atom is 0.341 e. The van der Waals surface area contributed by atoms with Crippen LogP contribution in [0.5, 0.6) is 17.2 Å². The number of rotatable bonds is 10. The van der Waals surface area contributed by atoms with Gasteiger partial charge in [-0.25, -0.2) is 14.0 Å². The fourth-order valence-corrected chi connectivity index (χ4v) is 3.47. The van der Waals surface area contributed by atoms with E-state index < -0.39 is 36.3 Å². The van der Waals surface area contributed by atoms with Crippen LogP contribution in [-0.4, -0.2) is 46.3 Å². The molecule has 1 fully saturated rings. The maximum absolute atomic E-state index is 13.0. The molecule has 1 saturated heterocycles. The molecule has 0 unspecified atom stereocenters. The molecule has 0 saturated carbocycles. The van der Waals surface area contributed by atoms with E-state index in [4.69, 9.17) is 14.6 Å². The number of carbonyl (C=O) groups excluding carboxylic acids is 4. The summed E-state index contributed by atoms with van der Waals surface area (Å²) < 4.78 is 23.9. The van der Waals surface area contributed by atoms with Crippen LogP contribution < -0.4 is 20.1 Å². The van der Waals surface area contributed by atoms with Gasteiger partial charge < -0.3 is 19.9 Å². The van der Waals surface area contributed by atoms with Crippen molar-refractivity contribution in [1.82, 2.24) is 15.5 Å². The Morgan fingerprint density at radius 1 is 0.921 bits per heavy atom. The van der Waals surface area contributed by atoms with Crippen molar-refractivity contribution in [2.75, 3.05) is 6.61 Å². The van der Waals surface area contributed by atoms with Crippen molar-refractivity contribution in [1.29, 1.82) is 0 Å². The number of hydrogen-bond donors (Lipinski definition) is 3. The van der Waals surface area contributed by atoms with Crippen LogP contribution in [0, 0.1) is 5.82 Å². The number of ether oxygens (including phenoxy) is 2. The summed E-state index contributed by atoms with van der Waals surface area (Å²) in [5.41, 5.74) is 1.02. The van der Waals surface area contributed by atoms with E-state index in [1.165, 1.54) is 42.5 Å². The number of benzene rings is 3. The average molecular weight is 521 g/mol. The molecule has 0 spiro atoms. The molecule has 5 amide bonds. The number of amides is 5. The molecule has 38 heavy (non-hydrogen) atoms. The summed E-state index contributed by atoms with van der Waals surface area (Å²) >= 11 is 0. The number of halogens is 1. The van der Waals surface area contributed by atoms with E-state index in [-0.39, 0.29) is 30.2 Å². The first kappa shape index (κ1) is 25.8. The van der Waals surface area contributed by atoms with Gasteiger partial charge in [0.15, 0.2) is 6.61 Å². The minimum atomic E-state index is -1.25. The molecule has 1 heterocycles. The zero-order valence-electron chi connectivity index (χ0n) is 19.6. The van der Waals surface area contributed by atoms with Crippen molar-refractivity contribution in [3.05, 3.63) is 89.2 Å². The third-order valence-electron chi connectivity index (χ3n) is 5.31. The number of imide groups is 2. The van der Waals surface area contributed by atoms with Crippen molar-refractivity contribution >= 4 is 29.7 Å². The minimum absolute atomic E-state index is 0.0232. The molecule has 0 aliphatic carbocycles. The molecule has 0 radical (unpaired) electrons. The van der Waals surface area contributed by atoms with E-state index in [2.05, 4.69) is 5.32 Å². The highest BCUT2D eigenvalue weighted by atomic mass is 19.1. The molecule has 0 atom stereocenters. The second-order valence-electron chi connectivity index (χ2n) is 8.05. The lowest BCUT2D eigenvalue weighted by Gasteiger charge is -2.15. The second kappa shape index (κ2) is 11.2. The van der Waals surface area contributed by atoms with E-state index in [0.717, 1.165) is 0 Å². The summed E-state index contributed by atoms with van der Waals surface area (Å²) in [4.78, 5) is 59.8. The fourth-order valence-electron chi connectivity index (χ4n) is 3.47. The van der Waals surface area contributed by atoms with E-state index in [1.807, 2.05) is 5.32 Å². The zero-order chi connectivity index (χ0) is 27.2. The molecule has 3 aromatic rings. The first-order chi connectivity index (χ1) is 18.2. The largest absolute Gasteiger partial charge is 0.481 e. The molecule has 194 valence electrons. The summed E-state index contributed by atoms with van der Waals surface area (Å²) in [5.74, 6) is -3.38. The standard InChI is InChI=1S/C26H20FN3O8/c27-17-4-8-19(9-5-17)38-18-6-1-15(2-7-18)12-28-23(33)20-11-16(3-10-21(20)37-14-22(31)32)13-30-25(35)24(34)29-26(30)36/h1-11H,12-14H2,(H,28,33)(H,31,32)(H,29,34,36). The molecule has 1 aliphatic rings. The maximum atomic E-state index is 13.0. The fraction of sp³-hybridized carbons (Fsp3) is 0.115. The Morgan fingerprint density at radius 2 is 1.55 bits per heavy atom. The Bertz CT molecular complexity index is 1410. The van der Waals surface area contributed by atoms with Gasteiger partial charge >= 0.3 is 23.8 Å².